The van der Waals surface area contributed by atoms with Gasteiger partial charge in [-0.25, -0.2) is 4.79 Å². The summed E-state index contributed by atoms with van der Waals surface area (Å²) in [6.07, 6.45) is -11.2. The SMILES string of the molecule is CCCCCCCCCCCCC/C=C/[C@@H](OC(=O)c1ccccc1)[C@H](CO[C@@H]1O[C@H](COC(C)=O)[C@@H](O[C@@H]2O[C@H](COC(C)=O)[C@@H](OC(C)=O)[C@H](O[C@@H]3O[C@H](COC(C)=O)[C@@H](OC(C)=O)[C@H](OC(C)=O)[C@H]3NC(C)=O)[C@@H]2OC(C)=O)[C@H](OC(C)=O)[C@H]1OC(C)=O)N=[N+]=[N-]. The quantitative estimate of drug-likeness (QED) is 0.0154. The molecule has 0 spiro atoms. The number of nitrogens with one attached hydrogen (secondary N) is 1. The van der Waals surface area contributed by atoms with Crippen molar-refractivity contribution in [3.8, 4) is 0 Å². The fourth-order valence-corrected chi connectivity index (χ4v) is 10.6. The Labute approximate surface area is 545 Å². The topological polar surface area (TPSA) is 396 Å². The zero-order chi connectivity index (χ0) is 69.4. The van der Waals surface area contributed by atoms with Crippen LogP contribution in [0.5, 0.6) is 0 Å². The zero-order valence-corrected chi connectivity index (χ0v) is 55.0. The van der Waals surface area contributed by atoms with Crippen LogP contribution in [-0.4, -0.2) is 196 Å². The van der Waals surface area contributed by atoms with Gasteiger partial charge in [0.2, 0.25) is 5.91 Å². The van der Waals surface area contributed by atoms with E-state index in [0.717, 1.165) is 101 Å². The minimum atomic E-state index is -2.15. The third-order valence-electron chi connectivity index (χ3n) is 14.5. The summed E-state index contributed by atoms with van der Waals surface area (Å²) in [4.78, 5) is 146. The van der Waals surface area contributed by atoms with Crippen LogP contribution in [0.4, 0.5) is 0 Å². The van der Waals surface area contributed by atoms with E-state index in [1.54, 1.807) is 30.4 Å². The predicted octanol–water partition coefficient (Wildman–Crippen LogP) is 5.89. The summed E-state index contributed by atoms with van der Waals surface area (Å²) in [5.74, 6) is -10.4. The number of carbonyl (C=O) groups is 11. The molecule has 0 aliphatic carbocycles. The number of azide groups is 1. The summed E-state index contributed by atoms with van der Waals surface area (Å²) in [5, 5.41) is 6.46. The van der Waals surface area contributed by atoms with Crippen LogP contribution in [0.1, 0.15) is 164 Å². The standard InChI is InChI=1S/C63H90N4O27/c1-12-13-14-15-16-17-18-19-20-21-22-23-27-30-47(89-60(78)45-28-25-24-26-29-45)46(66-67-64)31-82-62-58(87-43(10)76)56(86-42(9)75)54(50(91-62)34-81-38(5)71)93-63-59(88-44(11)77)57(53(84-40(7)73)49(92-63)33-80-37(4)70)94-61-51(65-35(2)68)55(85-41(8)74)52(83-39(6)72)48(90-61)32-79-36(3)69/h24-30,46-59,61-63H,12-23,31-34H2,1-11H3,(H,65,68)/b30-27+/t46-,47+,48+,49+,50+,51+,52+,53+,54+,55+,56-,57-,58+,59-,61-,62+,63-/m0/s1. The number of benzene rings is 1. The Kier molecular flexibility index (Phi) is 34.4. The normalized spacial score (nSPS) is 26.3. The van der Waals surface area contributed by atoms with E-state index < -0.39 is 196 Å². The van der Waals surface area contributed by atoms with Crippen molar-refractivity contribution in [3.05, 3.63) is 58.5 Å². The Morgan fingerprint density at radius 2 is 0.915 bits per heavy atom. The molecule has 0 unspecified atom stereocenters. The van der Waals surface area contributed by atoms with Gasteiger partial charge in [-0.1, -0.05) is 101 Å². The van der Waals surface area contributed by atoms with E-state index >= 15 is 0 Å². The molecule has 17 atom stereocenters. The van der Waals surface area contributed by atoms with Gasteiger partial charge in [0.25, 0.3) is 0 Å². The number of esters is 10. The minimum absolute atomic E-state index is 0.167. The van der Waals surface area contributed by atoms with Gasteiger partial charge in [0.1, 0.15) is 68.5 Å². The lowest BCUT2D eigenvalue weighted by molar-refractivity contribution is -0.376. The molecule has 1 aromatic carbocycles. The highest BCUT2D eigenvalue weighted by atomic mass is 16.8. The Bertz CT molecular complexity index is 2740. The third-order valence-corrected chi connectivity index (χ3v) is 14.5. The van der Waals surface area contributed by atoms with Crippen molar-refractivity contribution in [2.45, 2.75) is 257 Å². The lowest BCUT2D eigenvalue weighted by Gasteiger charge is -2.50. The molecular formula is C63H90N4O27. The van der Waals surface area contributed by atoms with Crippen LogP contribution in [0, 0.1) is 0 Å². The fraction of sp³-hybridized carbons (Fsp3) is 0.698. The number of amides is 1. The number of ether oxygens (including phenoxy) is 16. The maximum absolute atomic E-state index is 13.7. The lowest BCUT2D eigenvalue weighted by Crippen LogP contribution is -2.70. The molecule has 3 aliphatic heterocycles. The number of nitrogens with zero attached hydrogens (tertiary/aromatic N) is 3. The third kappa shape index (κ3) is 27.3. The molecule has 3 aliphatic rings. The summed E-state index contributed by atoms with van der Waals surface area (Å²) < 4.78 is 95.2. The maximum atomic E-state index is 13.7. The minimum Gasteiger partial charge on any atom is -0.463 e. The summed E-state index contributed by atoms with van der Waals surface area (Å²) >= 11 is 0. The lowest BCUT2D eigenvalue weighted by atomic mass is 9.94. The molecule has 31 nitrogen and oxygen atoms in total. The predicted molar refractivity (Wildman–Crippen MR) is 321 cm³/mol. The van der Waals surface area contributed by atoms with Crippen LogP contribution < -0.4 is 5.32 Å². The zero-order valence-electron chi connectivity index (χ0n) is 55.0. The smallest absolute Gasteiger partial charge is 0.338 e. The molecule has 524 valence electrons. The van der Waals surface area contributed by atoms with Gasteiger partial charge >= 0.3 is 59.7 Å². The molecule has 3 heterocycles. The van der Waals surface area contributed by atoms with Crippen LogP contribution in [-0.2, 0) is 124 Å². The molecule has 0 saturated carbocycles. The molecule has 1 aromatic rings. The van der Waals surface area contributed by atoms with Gasteiger partial charge in [-0.2, -0.15) is 0 Å². The molecule has 1 N–H and O–H groups in total. The molecule has 0 bridgehead atoms. The maximum Gasteiger partial charge on any atom is 0.338 e. The van der Waals surface area contributed by atoms with Crippen molar-refractivity contribution >= 4 is 65.6 Å². The second-order valence-corrected chi connectivity index (χ2v) is 22.5. The summed E-state index contributed by atoms with van der Waals surface area (Å²) in [7, 11) is 0. The van der Waals surface area contributed by atoms with Crippen molar-refractivity contribution < 1.29 is 129 Å². The number of rotatable bonds is 37. The van der Waals surface area contributed by atoms with Crippen LogP contribution in [0.2, 0.25) is 0 Å². The van der Waals surface area contributed by atoms with Crippen molar-refractivity contribution in [2.24, 2.45) is 5.11 Å². The Morgan fingerprint density at radius 1 is 0.500 bits per heavy atom. The Hall–Kier alpha value is -7.80. The summed E-state index contributed by atoms with van der Waals surface area (Å²) in [5.41, 5.74) is 10.1. The van der Waals surface area contributed by atoms with Crippen molar-refractivity contribution in [1.29, 1.82) is 0 Å². The van der Waals surface area contributed by atoms with E-state index in [1.165, 1.54) is 50.7 Å². The molecule has 0 radical (unpaired) electrons. The van der Waals surface area contributed by atoms with Crippen molar-refractivity contribution in [2.75, 3.05) is 26.4 Å². The summed E-state index contributed by atoms with van der Waals surface area (Å²) in [6.45, 7) is 9.25. The molecule has 0 aromatic heterocycles. The van der Waals surface area contributed by atoms with Crippen molar-refractivity contribution in [3.63, 3.8) is 0 Å². The summed E-state index contributed by atoms with van der Waals surface area (Å²) in [6, 6.07) is 4.89. The molecule has 94 heavy (non-hydrogen) atoms. The first-order valence-electron chi connectivity index (χ1n) is 31.3. The van der Waals surface area contributed by atoms with Crippen molar-refractivity contribution in [1.82, 2.24) is 5.32 Å². The Morgan fingerprint density at radius 3 is 1.39 bits per heavy atom. The van der Waals surface area contributed by atoms with E-state index in [-0.39, 0.29) is 5.56 Å². The van der Waals surface area contributed by atoms with Gasteiger partial charge in [-0.05, 0) is 36.6 Å². The van der Waals surface area contributed by atoms with Gasteiger partial charge < -0.3 is 81.1 Å². The highest BCUT2D eigenvalue weighted by Gasteiger charge is 2.60. The number of unbranched alkanes of at least 4 members (excludes halogenated alkanes) is 11. The molecule has 4 rings (SSSR count). The van der Waals surface area contributed by atoms with Crippen LogP contribution in [0.25, 0.3) is 10.4 Å². The van der Waals surface area contributed by atoms with Gasteiger partial charge in [0, 0.05) is 74.1 Å². The molecule has 3 fully saturated rings. The number of carbonyl (C=O) groups excluding carboxylic acids is 11. The first-order chi connectivity index (χ1) is 44.7. The molecule has 3 saturated heterocycles. The number of hydrogen-bond donors (Lipinski definition) is 1. The monoisotopic (exact) mass is 1330 g/mol. The molecule has 1 amide bonds. The highest BCUT2D eigenvalue weighted by molar-refractivity contribution is 5.89. The second-order valence-electron chi connectivity index (χ2n) is 22.5. The van der Waals surface area contributed by atoms with E-state index in [2.05, 4.69) is 22.3 Å². The molecule has 31 heteroatoms. The number of allylic oxidation sites excluding steroid dienone is 1. The number of hydrogen-bond acceptors (Lipinski definition) is 28. The van der Waals surface area contributed by atoms with Crippen LogP contribution >= 0.6 is 0 Å². The first-order valence-corrected chi connectivity index (χ1v) is 31.3. The van der Waals surface area contributed by atoms with E-state index in [0.29, 0.717) is 6.42 Å². The van der Waals surface area contributed by atoms with Gasteiger partial charge in [0.05, 0.1) is 12.2 Å². The van der Waals surface area contributed by atoms with Gasteiger partial charge in [-0.3, -0.25) is 47.9 Å². The average Bonchev–Trinajstić information content (AvgIpc) is 0.765. The second kappa shape index (κ2) is 41.1. The fourth-order valence-electron chi connectivity index (χ4n) is 10.6. The average molecular weight is 1340 g/mol. The van der Waals surface area contributed by atoms with E-state index in [9.17, 15) is 58.3 Å². The van der Waals surface area contributed by atoms with Gasteiger partial charge in [-0.15, -0.1) is 0 Å². The van der Waals surface area contributed by atoms with Gasteiger partial charge in [0.15, 0.2) is 55.5 Å². The Balaban J connectivity index is 1.85. The van der Waals surface area contributed by atoms with Crippen LogP contribution in [0.15, 0.2) is 47.6 Å². The van der Waals surface area contributed by atoms with Crippen LogP contribution in [0.3, 0.4) is 0 Å². The highest BCUT2D eigenvalue weighted by Crippen LogP contribution is 2.38. The largest absolute Gasteiger partial charge is 0.463 e. The first kappa shape index (κ1) is 78.6. The molecular weight excluding hydrogens is 1240 g/mol. The van der Waals surface area contributed by atoms with E-state index in [4.69, 9.17) is 75.8 Å². The van der Waals surface area contributed by atoms with E-state index in [1.807, 2.05) is 0 Å².